The number of phosphoric acid groups is 1. The van der Waals surface area contributed by atoms with Gasteiger partial charge in [0, 0.05) is 12.8 Å². The number of esters is 1. The summed E-state index contributed by atoms with van der Waals surface area (Å²) in [6.45, 7) is 6.82. The number of hydrogen-bond donors (Lipinski definition) is 2. The smallest absolute Gasteiger partial charge is 0.456 e. The van der Waals surface area contributed by atoms with E-state index in [4.69, 9.17) is 13.8 Å². The normalized spacial score (nSPS) is 14.4. The van der Waals surface area contributed by atoms with Crippen LogP contribution in [0.3, 0.4) is 0 Å². The number of phosphoric ester groups is 1. The van der Waals surface area contributed by atoms with Gasteiger partial charge in [-0.3, -0.25) is 18.6 Å². The fourth-order valence-corrected chi connectivity index (χ4v) is 8.37. The zero-order valence-electron chi connectivity index (χ0n) is 44.8. The number of likely N-dealkylation sites (N-methyl/N-ethyl adjacent to an activating group) is 1. The van der Waals surface area contributed by atoms with Crippen molar-refractivity contribution in [3.63, 3.8) is 0 Å². The largest absolute Gasteiger partial charge is 0.472 e. The van der Waals surface area contributed by atoms with Gasteiger partial charge in [-0.25, -0.2) is 4.57 Å². The van der Waals surface area contributed by atoms with Gasteiger partial charge in [0.25, 0.3) is 0 Å². The van der Waals surface area contributed by atoms with Crippen molar-refractivity contribution in [3.05, 3.63) is 72.9 Å². The van der Waals surface area contributed by atoms with Gasteiger partial charge in [-0.05, 0) is 76.7 Å². The first kappa shape index (κ1) is 65.5. The maximum atomic E-state index is 13.5. The Bertz CT molecular complexity index is 1400. The van der Waals surface area contributed by atoms with Crippen LogP contribution in [0.1, 0.15) is 233 Å². The van der Waals surface area contributed by atoms with E-state index in [0.29, 0.717) is 17.4 Å². The molecule has 1 amide bonds. The molecule has 0 heterocycles. The minimum atomic E-state index is -4.45. The Labute approximate surface area is 419 Å². The fraction of sp³-hybridized carbons (Fsp3) is 0.759. The molecule has 0 rings (SSSR count). The van der Waals surface area contributed by atoms with Crippen molar-refractivity contribution in [1.29, 1.82) is 0 Å². The average molecular weight is 974 g/mol. The number of hydrogen-bond acceptors (Lipinski definition) is 6. The molecule has 2 N–H and O–H groups in total. The Morgan fingerprint density at radius 2 is 0.941 bits per heavy atom. The van der Waals surface area contributed by atoms with E-state index in [9.17, 15) is 19.0 Å². The van der Waals surface area contributed by atoms with Crippen molar-refractivity contribution < 1.29 is 37.3 Å². The SMILES string of the molecule is CC/C=C/C=C/C=C/CCCCCCCCCC(=O)OC(/C=C/CCCCCCCCCCCC)C(COP(=O)(O)OCC[N+](C)(C)C)NC(=O)CCCCCCCC/C=C/C=C/CCCCC. The van der Waals surface area contributed by atoms with Gasteiger partial charge >= 0.3 is 13.8 Å². The second kappa shape index (κ2) is 48.1. The Balaban J connectivity index is 5.42. The van der Waals surface area contributed by atoms with E-state index in [2.05, 4.69) is 86.8 Å². The van der Waals surface area contributed by atoms with E-state index < -0.39 is 20.0 Å². The van der Waals surface area contributed by atoms with E-state index in [-0.39, 0.29) is 31.5 Å². The predicted molar refractivity (Wildman–Crippen MR) is 291 cm³/mol. The molecule has 0 aromatic rings. The zero-order chi connectivity index (χ0) is 50.1. The molecule has 0 saturated carbocycles. The van der Waals surface area contributed by atoms with Gasteiger partial charge in [-0.1, -0.05) is 216 Å². The molecule has 0 aromatic heterocycles. The number of allylic oxidation sites excluding steroid dienone is 11. The summed E-state index contributed by atoms with van der Waals surface area (Å²) in [6.07, 6.45) is 60.3. The van der Waals surface area contributed by atoms with Gasteiger partial charge in [-0.15, -0.1) is 0 Å². The lowest BCUT2D eigenvalue weighted by Crippen LogP contribution is -2.47. The third-order valence-corrected chi connectivity index (χ3v) is 13.0. The number of nitrogens with zero attached hydrogens (tertiary/aromatic N) is 1. The number of ether oxygens (including phenoxy) is 1. The maximum Gasteiger partial charge on any atom is 0.472 e. The molecule has 3 atom stereocenters. The predicted octanol–water partition coefficient (Wildman–Crippen LogP) is 16.5. The number of unbranched alkanes of at least 4 members (excludes halogenated alkanes) is 26. The van der Waals surface area contributed by atoms with E-state index in [0.717, 1.165) is 103 Å². The molecule has 9 nitrogen and oxygen atoms in total. The maximum absolute atomic E-state index is 13.5. The number of rotatable bonds is 49. The second-order valence-corrected chi connectivity index (χ2v) is 21.3. The monoisotopic (exact) mass is 974 g/mol. The number of carbonyl (C=O) groups excluding carboxylic acids is 2. The van der Waals surface area contributed by atoms with Crippen molar-refractivity contribution in [3.8, 4) is 0 Å². The molecule has 0 radical (unpaired) electrons. The fourth-order valence-electron chi connectivity index (χ4n) is 7.64. The highest BCUT2D eigenvalue weighted by atomic mass is 31.2. The molecule has 0 saturated heterocycles. The highest BCUT2D eigenvalue weighted by molar-refractivity contribution is 7.47. The molecule has 0 bridgehead atoms. The summed E-state index contributed by atoms with van der Waals surface area (Å²) >= 11 is 0. The van der Waals surface area contributed by atoms with Crippen LogP contribution in [0.5, 0.6) is 0 Å². The van der Waals surface area contributed by atoms with Crippen LogP contribution in [0.25, 0.3) is 0 Å². The summed E-state index contributed by atoms with van der Waals surface area (Å²) in [5.41, 5.74) is 0. The molecule has 0 aromatic carbocycles. The molecule has 0 aliphatic carbocycles. The standard InChI is InChI=1S/C58H105N2O7P/c1-7-10-13-16-19-22-25-28-30-32-35-38-41-44-47-50-57(61)59-55(54-66-68(63,64)65-53-52-60(4,5)6)56(49-46-43-40-37-34-27-24-21-18-15-12-9-3)67-58(62)51-48-45-42-39-36-33-31-29-26-23-20-17-14-11-8-2/h11,14,17,19-20,22-23,25-26,28,46,49,55-56H,7-10,12-13,15-16,18,21,24,27,29-45,47-48,50-54H2,1-6H3,(H-,59,61,63,64)/p+1/b14-11+,20-17+,22-19+,26-23+,28-25+,49-46+. The topological polar surface area (TPSA) is 111 Å². The van der Waals surface area contributed by atoms with E-state index in [1.54, 1.807) is 0 Å². The van der Waals surface area contributed by atoms with Crippen molar-refractivity contribution in [2.24, 2.45) is 0 Å². The van der Waals surface area contributed by atoms with Crippen LogP contribution in [-0.2, 0) is 27.9 Å². The Hall–Kier alpha value is -2.55. The number of amides is 1. The molecular formula is C58H106N2O7P+. The highest BCUT2D eigenvalue weighted by Gasteiger charge is 2.30. The third-order valence-electron chi connectivity index (χ3n) is 12.0. The first-order valence-electron chi connectivity index (χ1n) is 27.8. The molecule has 3 unspecified atom stereocenters. The van der Waals surface area contributed by atoms with Gasteiger partial charge in [0.15, 0.2) is 0 Å². The Morgan fingerprint density at radius 3 is 1.44 bits per heavy atom. The summed E-state index contributed by atoms with van der Waals surface area (Å²) in [4.78, 5) is 37.5. The van der Waals surface area contributed by atoms with Crippen LogP contribution in [-0.4, -0.2) is 74.3 Å². The lowest BCUT2D eigenvalue weighted by Gasteiger charge is -2.27. The van der Waals surface area contributed by atoms with Crippen LogP contribution in [0.2, 0.25) is 0 Å². The highest BCUT2D eigenvalue weighted by Crippen LogP contribution is 2.43. The number of nitrogens with one attached hydrogen (secondary N) is 1. The second-order valence-electron chi connectivity index (χ2n) is 19.8. The van der Waals surface area contributed by atoms with Crippen LogP contribution >= 0.6 is 7.82 Å². The number of carbonyl (C=O) groups is 2. The van der Waals surface area contributed by atoms with Gasteiger partial charge in [0.05, 0.1) is 33.8 Å². The van der Waals surface area contributed by atoms with E-state index in [1.807, 2.05) is 33.3 Å². The Kier molecular flexibility index (Phi) is 46.3. The summed E-state index contributed by atoms with van der Waals surface area (Å²) < 4.78 is 30.6. The lowest BCUT2D eigenvalue weighted by molar-refractivity contribution is -0.870. The quantitative estimate of drug-likeness (QED) is 0.0156. The molecule has 10 heteroatoms. The summed E-state index contributed by atoms with van der Waals surface area (Å²) in [7, 11) is 1.47. The van der Waals surface area contributed by atoms with Crippen molar-refractivity contribution in [1.82, 2.24) is 5.32 Å². The zero-order valence-corrected chi connectivity index (χ0v) is 45.7. The van der Waals surface area contributed by atoms with Crippen LogP contribution in [0.15, 0.2) is 72.9 Å². The number of quaternary nitrogens is 1. The molecule has 0 aliphatic rings. The molecule has 0 spiro atoms. The molecule has 0 fully saturated rings. The van der Waals surface area contributed by atoms with Gasteiger partial charge < -0.3 is 19.4 Å². The first-order valence-corrected chi connectivity index (χ1v) is 29.3. The van der Waals surface area contributed by atoms with Crippen LogP contribution in [0.4, 0.5) is 0 Å². The Morgan fingerprint density at radius 1 is 0.529 bits per heavy atom. The van der Waals surface area contributed by atoms with Crippen LogP contribution < -0.4 is 5.32 Å². The van der Waals surface area contributed by atoms with Crippen molar-refractivity contribution >= 4 is 19.7 Å². The van der Waals surface area contributed by atoms with Crippen LogP contribution in [0, 0.1) is 0 Å². The minimum absolute atomic E-state index is 0.0330. The minimum Gasteiger partial charge on any atom is -0.456 e. The van der Waals surface area contributed by atoms with Crippen molar-refractivity contribution in [2.45, 2.75) is 245 Å². The summed E-state index contributed by atoms with van der Waals surface area (Å²) in [6, 6.07) is -0.860. The first-order chi connectivity index (χ1) is 32.9. The lowest BCUT2D eigenvalue weighted by atomic mass is 10.0. The molecule has 68 heavy (non-hydrogen) atoms. The van der Waals surface area contributed by atoms with E-state index >= 15 is 0 Å². The molecule has 394 valence electrons. The third kappa shape index (κ3) is 48.5. The van der Waals surface area contributed by atoms with Gasteiger partial charge in [0.2, 0.25) is 5.91 Å². The average Bonchev–Trinajstić information content (AvgIpc) is 3.29. The van der Waals surface area contributed by atoms with E-state index in [1.165, 1.54) is 96.3 Å². The molecule has 0 aliphatic heterocycles. The van der Waals surface area contributed by atoms with Crippen molar-refractivity contribution in [2.75, 3.05) is 40.9 Å². The summed E-state index contributed by atoms with van der Waals surface area (Å²) in [5, 5.41) is 3.03. The van der Waals surface area contributed by atoms with Gasteiger partial charge in [-0.2, -0.15) is 0 Å². The molecular weight excluding hydrogens is 868 g/mol. The summed E-state index contributed by atoms with van der Waals surface area (Å²) in [5.74, 6) is -0.536. The van der Waals surface area contributed by atoms with Gasteiger partial charge in [0.1, 0.15) is 19.3 Å².